The first-order valence-corrected chi connectivity index (χ1v) is 8.02. The zero-order valence-corrected chi connectivity index (χ0v) is 13.6. The second kappa shape index (κ2) is 8.98. The van der Waals surface area contributed by atoms with E-state index in [1.54, 1.807) is 7.11 Å². The number of rotatable bonds is 9. The van der Waals surface area contributed by atoms with Gasteiger partial charge in [-0.3, -0.25) is 0 Å². The van der Waals surface area contributed by atoms with E-state index < -0.39 is 0 Å². The first-order chi connectivity index (χ1) is 10.8. The third-order valence-corrected chi connectivity index (χ3v) is 3.62. The van der Waals surface area contributed by atoms with E-state index in [1.165, 1.54) is 24.1 Å². The fraction of sp³-hybridized carbons (Fsp3) is 0.368. The molecule has 3 nitrogen and oxygen atoms in total. The average molecular weight is 298 g/mol. The van der Waals surface area contributed by atoms with Crippen molar-refractivity contribution in [2.75, 3.05) is 30.8 Å². The SMILES string of the molecule is CCCCNc1cccc(NCCc2ccc(OC)cc2)c1. The molecule has 0 unspecified atom stereocenters. The molecule has 0 aliphatic carbocycles. The second-order valence-electron chi connectivity index (χ2n) is 5.39. The Kier molecular flexibility index (Phi) is 6.62. The molecule has 0 aliphatic heterocycles. The molecule has 0 spiro atoms. The molecular formula is C19H26N2O. The molecular weight excluding hydrogens is 272 g/mol. The molecule has 0 aliphatic rings. The predicted molar refractivity (Wildman–Crippen MR) is 95.0 cm³/mol. The van der Waals surface area contributed by atoms with Gasteiger partial charge in [-0.15, -0.1) is 0 Å². The smallest absolute Gasteiger partial charge is 0.118 e. The van der Waals surface area contributed by atoms with E-state index in [0.29, 0.717) is 0 Å². The summed E-state index contributed by atoms with van der Waals surface area (Å²) in [4.78, 5) is 0. The maximum absolute atomic E-state index is 5.17. The molecule has 0 fully saturated rings. The standard InChI is InChI=1S/C19H26N2O/c1-3-4-13-20-17-6-5-7-18(15-17)21-14-12-16-8-10-19(22-2)11-9-16/h5-11,15,20-21H,3-4,12-14H2,1-2H3. The summed E-state index contributed by atoms with van der Waals surface area (Å²) in [6.45, 7) is 4.16. The van der Waals surface area contributed by atoms with Crippen LogP contribution in [0.3, 0.4) is 0 Å². The number of anilines is 2. The van der Waals surface area contributed by atoms with Gasteiger partial charge in [0.25, 0.3) is 0 Å². The van der Waals surface area contributed by atoms with Crippen molar-refractivity contribution >= 4 is 11.4 Å². The Morgan fingerprint density at radius 3 is 2.23 bits per heavy atom. The Bertz CT molecular complexity index is 552. The van der Waals surface area contributed by atoms with Crippen molar-refractivity contribution in [3.63, 3.8) is 0 Å². The fourth-order valence-electron chi connectivity index (χ4n) is 2.29. The van der Waals surface area contributed by atoms with Crippen LogP contribution in [0.4, 0.5) is 11.4 Å². The Balaban J connectivity index is 1.79. The van der Waals surface area contributed by atoms with Crippen LogP contribution in [0.25, 0.3) is 0 Å². The van der Waals surface area contributed by atoms with E-state index in [0.717, 1.165) is 30.9 Å². The topological polar surface area (TPSA) is 33.3 Å². The minimum atomic E-state index is 0.905. The van der Waals surface area contributed by atoms with Crippen molar-refractivity contribution in [3.05, 3.63) is 54.1 Å². The van der Waals surface area contributed by atoms with Gasteiger partial charge in [0.05, 0.1) is 7.11 Å². The predicted octanol–water partition coefficient (Wildman–Crippen LogP) is 4.56. The lowest BCUT2D eigenvalue weighted by atomic mass is 10.1. The fourth-order valence-corrected chi connectivity index (χ4v) is 2.29. The summed E-state index contributed by atoms with van der Waals surface area (Å²) < 4.78 is 5.17. The molecule has 2 rings (SSSR count). The Hall–Kier alpha value is -2.16. The van der Waals surface area contributed by atoms with Gasteiger partial charge in [-0.2, -0.15) is 0 Å². The van der Waals surface area contributed by atoms with Crippen LogP contribution >= 0.6 is 0 Å². The van der Waals surface area contributed by atoms with Gasteiger partial charge >= 0.3 is 0 Å². The molecule has 118 valence electrons. The average Bonchev–Trinajstić information content (AvgIpc) is 2.56. The zero-order chi connectivity index (χ0) is 15.6. The highest BCUT2D eigenvalue weighted by Crippen LogP contribution is 2.16. The Morgan fingerprint density at radius 1 is 0.909 bits per heavy atom. The molecule has 0 aromatic heterocycles. The normalized spacial score (nSPS) is 10.3. The van der Waals surface area contributed by atoms with E-state index in [9.17, 15) is 0 Å². The van der Waals surface area contributed by atoms with Crippen molar-refractivity contribution in [1.82, 2.24) is 0 Å². The molecule has 2 N–H and O–H groups in total. The molecule has 0 saturated carbocycles. The van der Waals surface area contributed by atoms with E-state index in [-0.39, 0.29) is 0 Å². The van der Waals surface area contributed by atoms with E-state index in [2.05, 4.69) is 54.0 Å². The second-order valence-corrected chi connectivity index (χ2v) is 5.39. The molecule has 2 aromatic carbocycles. The van der Waals surface area contributed by atoms with Gasteiger partial charge in [0, 0.05) is 24.5 Å². The Labute approximate surface area is 133 Å². The van der Waals surface area contributed by atoms with E-state index in [4.69, 9.17) is 4.74 Å². The third-order valence-electron chi connectivity index (χ3n) is 3.62. The van der Waals surface area contributed by atoms with Crippen LogP contribution < -0.4 is 15.4 Å². The van der Waals surface area contributed by atoms with Gasteiger partial charge in [0.15, 0.2) is 0 Å². The summed E-state index contributed by atoms with van der Waals surface area (Å²) in [6, 6.07) is 16.7. The number of hydrogen-bond acceptors (Lipinski definition) is 3. The summed E-state index contributed by atoms with van der Waals surface area (Å²) in [5.41, 5.74) is 3.66. The van der Waals surface area contributed by atoms with Gasteiger partial charge in [0.1, 0.15) is 5.75 Å². The molecule has 0 saturated heterocycles. The minimum absolute atomic E-state index is 0.905. The molecule has 0 atom stereocenters. The van der Waals surface area contributed by atoms with Gasteiger partial charge in [-0.1, -0.05) is 31.5 Å². The van der Waals surface area contributed by atoms with Crippen molar-refractivity contribution < 1.29 is 4.74 Å². The van der Waals surface area contributed by atoms with E-state index in [1.807, 2.05) is 12.1 Å². The van der Waals surface area contributed by atoms with Crippen molar-refractivity contribution in [2.45, 2.75) is 26.2 Å². The number of unbranched alkanes of at least 4 members (excludes halogenated alkanes) is 1. The van der Waals surface area contributed by atoms with Gasteiger partial charge in [0.2, 0.25) is 0 Å². The lowest BCUT2D eigenvalue weighted by Gasteiger charge is -2.10. The molecule has 2 aromatic rings. The molecule has 22 heavy (non-hydrogen) atoms. The monoisotopic (exact) mass is 298 g/mol. The molecule has 0 radical (unpaired) electrons. The van der Waals surface area contributed by atoms with Crippen LogP contribution in [0.2, 0.25) is 0 Å². The highest BCUT2D eigenvalue weighted by Gasteiger charge is 1.97. The number of hydrogen-bond donors (Lipinski definition) is 2. The first kappa shape index (κ1) is 16.2. The van der Waals surface area contributed by atoms with Crippen LogP contribution in [-0.2, 0) is 6.42 Å². The van der Waals surface area contributed by atoms with Crippen molar-refractivity contribution in [3.8, 4) is 5.75 Å². The van der Waals surface area contributed by atoms with Gasteiger partial charge in [-0.25, -0.2) is 0 Å². The molecule has 0 bridgehead atoms. The quantitative estimate of drug-likeness (QED) is 0.666. The maximum Gasteiger partial charge on any atom is 0.118 e. The van der Waals surface area contributed by atoms with Gasteiger partial charge < -0.3 is 15.4 Å². The van der Waals surface area contributed by atoms with Crippen LogP contribution in [0, 0.1) is 0 Å². The third kappa shape index (κ3) is 5.32. The molecule has 0 heterocycles. The zero-order valence-electron chi connectivity index (χ0n) is 13.6. The summed E-state index contributed by atoms with van der Waals surface area (Å²) >= 11 is 0. The highest BCUT2D eigenvalue weighted by atomic mass is 16.5. The van der Waals surface area contributed by atoms with Crippen LogP contribution in [0.1, 0.15) is 25.3 Å². The number of benzene rings is 2. The van der Waals surface area contributed by atoms with Crippen LogP contribution in [-0.4, -0.2) is 20.2 Å². The summed E-state index contributed by atoms with van der Waals surface area (Å²) in [6.07, 6.45) is 3.42. The summed E-state index contributed by atoms with van der Waals surface area (Å²) in [7, 11) is 1.69. The van der Waals surface area contributed by atoms with E-state index >= 15 is 0 Å². The number of ether oxygens (including phenoxy) is 1. The summed E-state index contributed by atoms with van der Waals surface area (Å²) in [5, 5.41) is 6.93. The number of nitrogens with one attached hydrogen (secondary N) is 2. The maximum atomic E-state index is 5.17. The van der Waals surface area contributed by atoms with Crippen molar-refractivity contribution in [1.29, 1.82) is 0 Å². The van der Waals surface area contributed by atoms with Gasteiger partial charge in [-0.05, 0) is 48.7 Å². The number of methoxy groups -OCH3 is 1. The largest absolute Gasteiger partial charge is 0.497 e. The van der Waals surface area contributed by atoms with Crippen LogP contribution in [0.5, 0.6) is 5.75 Å². The van der Waals surface area contributed by atoms with Crippen molar-refractivity contribution in [2.24, 2.45) is 0 Å². The first-order valence-electron chi connectivity index (χ1n) is 8.02. The summed E-state index contributed by atoms with van der Waals surface area (Å²) in [5.74, 6) is 0.905. The Morgan fingerprint density at radius 2 is 1.59 bits per heavy atom. The minimum Gasteiger partial charge on any atom is -0.497 e. The van der Waals surface area contributed by atoms with Crippen LogP contribution in [0.15, 0.2) is 48.5 Å². The molecule has 0 amide bonds. The lowest BCUT2D eigenvalue weighted by Crippen LogP contribution is -2.06. The molecule has 3 heteroatoms. The highest BCUT2D eigenvalue weighted by molar-refractivity contribution is 5.56. The lowest BCUT2D eigenvalue weighted by molar-refractivity contribution is 0.414.